The molecule has 0 aromatic heterocycles. The molecule has 2 amide bonds. The van der Waals surface area contributed by atoms with Gasteiger partial charge in [0.2, 0.25) is 0 Å². The van der Waals surface area contributed by atoms with Crippen LogP contribution in [0.5, 0.6) is 0 Å². The molecule has 0 atom stereocenters. The summed E-state index contributed by atoms with van der Waals surface area (Å²) in [7, 11) is 0. The van der Waals surface area contributed by atoms with Gasteiger partial charge in [0.25, 0.3) is 17.5 Å². The van der Waals surface area contributed by atoms with Gasteiger partial charge in [0.05, 0.1) is 10.5 Å². The number of nitrogens with one attached hydrogen (secondary N) is 1. The average Bonchev–Trinajstić information content (AvgIpc) is 3.04. The molecular weight excluding hydrogens is 408 g/mol. The van der Waals surface area contributed by atoms with Crippen LogP contribution in [0.2, 0.25) is 0 Å². The topological polar surface area (TPSA) is 95.8 Å². The summed E-state index contributed by atoms with van der Waals surface area (Å²) in [4.78, 5) is 40.3. The Bertz CT molecular complexity index is 1070. The smallest absolute Gasteiger partial charge is 0.278 e. The second kappa shape index (κ2) is 8.82. The molecule has 8 nitrogen and oxygen atoms in total. The first-order chi connectivity index (χ1) is 15.4. The number of hydrogen-bond donors (Lipinski definition) is 1. The van der Waals surface area contributed by atoms with E-state index in [9.17, 15) is 19.7 Å². The molecule has 0 spiro atoms. The molecule has 0 radical (unpaired) electrons. The Morgan fingerprint density at radius 1 is 0.906 bits per heavy atom. The average molecular weight is 434 g/mol. The highest BCUT2D eigenvalue weighted by Crippen LogP contribution is 2.33. The number of piperidine rings is 1. The van der Waals surface area contributed by atoms with E-state index in [1.807, 2.05) is 24.3 Å². The molecule has 0 unspecified atom stereocenters. The Kier molecular flexibility index (Phi) is 5.94. The van der Waals surface area contributed by atoms with Gasteiger partial charge >= 0.3 is 0 Å². The van der Waals surface area contributed by atoms with Crippen LogP contribution in [0.4, 0.5) is 17.1 Å². The van der Waals surface area contributed by atoms with Crippen molar-refractivity contribution in [1.29, 1.82) is 0 Å². The quantitative estimate of drug-likeness (QED) is 0.416. The maximum Gasteiger partial charge on any atom is 0.278 e. The predicted octanol–water partition coefficient (Wildman–Crippen LogP) is 4.19. The fraction of sp³-hybridized carbons (Fsp3) is 0.333. The Morgan fingerprint density at radius 3 is 2.09 bits per heavy atom. The lowest BCUT2D eigenvalue weighted by atomic mass is 10.0. The first-order valence-corrected chi connectivity index (χ1v) is 10.9. The molecule has 0 saturated carbocycles. The summed E-state index contributed by atoms with van der Waals surface area (Å²) in [6.07, 6.45) is 3.64. The summed E-state index contributed by atoms with van der Waals surface area (Å²) < 4.78 is 0. The lowest BCUT2D eigenvalue weighted by Gasteiger charge is -2.28. The van der Waals surface area contributed by atoms with Crippen LogP contribution in [-0.2, 0) is 9.59 Å². The first-order valence-electron chi connectivity index (χ1n) is 10.9. The van der Waals surface area contributed by atoms with Crippen LogP contribution in [0.15, 0.2) is 54.2 Å². The molecule has 2 aromatic carbocycles. The lowest BCUT2D eigenvalue weighted by Crippen LogP contribution is -2.38. The van der Waals surface area contributed by atoms with Gasteiger partial charge in [-0.05, 0) is 75.1 Å². The van der Waals surface area contributed by atoms with Crippen LogP contribution < -0.4 is 10.2 Å². The summed E-state index contributed by atoms with van der Waals surface area (Å²) in [6.45, 7) is 5.64. The highest BCUT2D eigenvalue weighted by molar-refractivity contribution is 6.36. The van der Waals surface area contributed by atoms with E-state index in [0.717, 1.165) is 18.8 Å². The number of carbonyl (C=O) groups is 2. The fourth-order valence-electron chi connectivity index (χ4n) is 4.20. The van der Waals surface area contributed by atoms with Gasteiger partial charge in [0, 0.05) is 42.6 Å². The maximum absolute atomic E-state index is 13.1. The molecule has 1 saturated heterocycles. The molecule has 0 bridgehead atoms. The number of imide groups is 1. The monoisotopic (exact) mass is 434 g/mol. The van der Waals surface area contributed by atoms with Gasteiger partial charge in [-0.1, -0.05) is 0 Å². The molecule has 1 fully saturated rings. The molecular formula is C24H26N4O4. The Balaban J connectivity index is 1.66. The highest BCUT2D eigenvalue weighted by Gasteiger charge is 2.40. The molecule has 4 rings (SSSR count). The molecule has 2 aromatic rings. The van der Waals surface area contributed by atoms with E-state index >= 15 is 0 Å². The number of non-ortho nitro benzene ring substituents is 1. The van der Waals surface area contributed by atoms with E-state index in [1.54, 1.807) is 13.8 Å². The number of benzene rings is 2. The third-order valence-electron chi connectivity index (χ3n) is 5.86. The molecule has 8 heteroatoms. The van der Waals surface area contributed by atoms with Crippen molar-refractivity contribution in [3.05, 3.63) is 69.9 Å². The van der Waals surface area contributed by atoms with Crippen LogP contribution in [0, 0.1) is 10.1 Å². The summed E-state index contributed by atoms with van der Waals surface area (Å²) in [5.41, 5.74) is 2.63. The maximum atomic E-state index is 13.1. The molecule has 166 valence electrons. The van der Waals surface area contributed by atoms with E-state index in [4.69, 9.17) is 0 Å². The molecule has 1 N–H and O–H groups in total. The summed E-state index contributed by atoms with van der Waals surface area (Å²) >= 11 is 0. The number of rotatable bonds is 6. The fourth-order valence-corrected chi connectivity index (χ4v) is 4.20. The van der Waals surface area contributed by atoms with Crippen LogP contribution in [0.1, 0.15) is 38.7 Å². The van der Waals surface area contributed by atoms with E-state index in [1.165, 1.54) is 48.4 Å². The van der Waals surface area contributed by atoms with Gasteiger partial charge in [-0.25, -0.2) is 0 Å². The summed E-state index contributed by atoms with van der Waals surface area (Å²) in [5.74, 6) is -0.815. The minimum absolute atomic E-state index is 0.0744. The van der Waals surface area contributed by atoms with E-state index in [0.29, 0.717) is 11.3 Å². The number of nitrogens with zero attached hydrogens (tertiary/aromatic N) is 3. The third-order valence-corrected chi connectivity index (χ3v) is 5.86. The Hall–Kier alpha value is -3.68. The number of carbonyl (C=O) groups excluding carboxylic acids is 2. The van der Waals surface area contributed by atoms with E-state index in [-0.39, 0.29) is 23.0 Å². The second-order valence-electron chi connectivity index (χ2n) is 8.35. The zero-order valence-electron chi connectivity index (χ0n) is 18.2. The SMILES string of the molecule is CC(C)N1C(=O)C(Nc2ccc(N3CCCCC3)cc2)=C(c2ccc([N+](=O)[O-])cc2)C1=O. The number of amides is 2. The standard InChI is InChI=1S/C24H26N4O4/c1-16(2)27-23(29)21(17-6-10-20(11-7-17)28(31)32)22(24(27)30)25-18-8-12-19(13-9-18)26-14-4-3-5-15-26/h6-13,16,25H,3-5,14-15H2,1-2H3. The highest BCUT2D eigenvalue weighted by atomic mass is 16.6. The van der Waals surface area contributed by atoms with Crippen LogP contribution >= 0.6 is 0 Å². The van der Waals surface area contributed by atoms with Crippen molar-refractivity contribution in [2.45, 2.75) is 39.2 Å². The molecule has 2 heterocycles. The van der Waals surface area contributed by atoms with Gasteiger partial charge in [-0.3, -0.25) is 24.6 Å². The Morgan fingerprint density at radius 2 is 1.53 bits per heavy atom. The zero-order chi connectivity index (χ0) is 22.8. The zero-order valence-corrected chi connectivity index (χ0v) is 18.2. The van der Waals surface area contributed by atoms with Gasteiger partial charge in [-0.15, -0.1) is 0 Å². The van der Waals surface area contributed by atoms with Crippen molar-refractivity contribution in [3.8, 4) is 0 Å². The lowest BCUT2D eigenvalue weighted by molar-refractivity contribution is -0.384. The van der Waals surface area contributed by atoms with Gasteiger partial charge < -0.3 is 10.2 Å². The normalized spacial score (nSPS) is 16.8. The molecule has 2 aliphatic rings. The molecule has 32 heavy (non-hydrogen) atoms. The van der Waals surface area contributed by atoms with Crippen LogP contribution in [0.25, 0.3) is 5.57 Å². The Labute approximate surface area is 186 Å². The van der Waals surface area contributed by atoms with Crippen LogP contribution in [0.3, 0.4) is 0 Å². The predicted molar refractivity (Wildman–Crippen MR) is 123 cm³/mol. The minimum atomic E-state index is -0.497. The van der Waals surface area contributed by atoms with E-state index in [2.05, 4.69) is 10.2 Å². The van der Waals surface area contributed by atoms with Gasteiger partial charge in [0.1, 0.15) is 5.70 Å². The van der Waals surface area contributed by atoms with Crippen molar-refractivity contribution in [3.63, 3.8) is 0 Å². The van der Waals surface area contributed by atoms with Crippen molar-refractivity contribution >= 4 is 34.4 Å². The van der Waals surface area contributed by atoms with Crippen LogP contribution in [-0.4, -0.2) is 40.8 Å². The third kappa shape index (κ3) is 4.08. The van der Waals surface area contributed by atoms with E-state index < -0.39 is 16.7 Å². The van der Waals surface area contributed by atoms with Gasteiger partial charge in [-0.2, -0.15) is 0 Å². The first kappa shape index (κ1) is 21.5. The molecule has 2 aliphatic heterocycles. The summed E-state index contributed by atoms with van der Waals surface area (Å²) in [5, 5.41) is 14.1. The number of nitro benzene ring substituents is 1. The number of hydrogen-bond acceptors (Lipinski definition) is 6. The molecule has 0 aliphatic carbocycles. The van der Waals surface area contributed by atoms with Crippen molar-refractivity contribution in [2.24, 2.45) is 0 Å². The summed E-state index contributed by atoms with van der Waals surface area (Å²) in [6, 6.07) is 13.2. The van der Waals surface area contributed by atoms with Crippen molar-refractivity contribution < 1.29 is 14.5 Å². The second-order valence-corrected chi connectivity index (χ2v) is 8.35. The largest absolute Gasteiger partial charge is 0.372 e. The van der Waals surface area contributed by atoms with Crippen molar-refractivity contribution in [1.82, 2.24) is 4.90 Å². The van der Waals surface area contributed by atoms with Gasteiger partial charge in [0.15, 0.2) is 0 Å². The number of nitro groups is 1. The van der Waals surface area contributed by atoms with Crippen molar-refractivity contribution in [2.75, 3.05) is 23.3 Å². The minimum Gasteiger partial charge on any atom is -0.372 e. The number of anilines is 2.